The molecule has 4 heteroatoms. The normalized spacial score (nSPS) is 16.1. The van der Waals surface area contributed by atoms with E-state index in [0.717, 1.165) is 23.7 Å². The molecule has 0 unspecified atom stereocenters. The molecule has 0 atom stereocenters. The molecule has 0 spiro atoms. The molecule has 1 aromatic rings. The van der Waals surface area contributed by atoms with Crippen molar-refractivity contribution in [2.45, 2.75) is 45.1 Å². The van der Waals surface area contributed by atoms with E-state index < -0.39 is 0 Å². The van der Waals surface area contributed by atoms with Crippen LogP contribution in [0.25, 0.3) is 0 Å². The summed E-state index contributed by atoms with van der Waals surface area (Å²) < 4.78 is 0. The molecule has 1 aliphatic rings. The van der Waals surface area contributed by atoms with Gasteiger partial charge in [0.1, 0.15) is 5.75 Å². The summed E-state index contributed by atoms with van der Waals surface area (Å²) in [6.07, 6.45) is 5.80. The van der Waals surface area contributed by atoms with Crippen LogP contribution in [0.15, 0.2) is 18.2 Å². The Morgan fingerprint density at radius 3 is 2.65 bits per heavy atom. The van der Waals surface area contributed by atoms with Crippen molar-refractivity contribution in [1.29, 1.82) is 0 Å². The standard InChI is InChI=1S/C16H22BrNO2/c1-12-7-8-14(15(19)11-12)16(20)18(10-9-17)13-5-3-2-4-6-13/h7-8,11,13,19H,2-6,9-10H2,1H3. The fourth-order valence-electron chi connectivity index (χ4n) is 2.91. The molecule has 0 saturated heterocycles. The number of aryl methyl sites for hydroxylation is 1. The van der Waals surface area contributed by atoms with Crippen LogP contribution in [0.1, 0.15) is 48.0 Å². The molecule has 1 saturated carbocycles. The van der Waals surface area contributed by atoms with E-state index in [2.05, 4.69) is 15.9 Å². The van der Waals surface area contributed by atoms with Gasteiger partial charge in [-0.1, -0.05) is 41.3 Å². The van der Waals surface area contributed by atoms with Crippen molar-refractivity contribution >= 4 is 21.8 Å². The third kappa shape index (κ3) is 3.54. The molecule has 110 valence electrons. The van der Waals surface area contributed by atoms with Crippen LogP contribution in [-0.2, 0) is 0 Å². The third-order valence-electron chi connectivity index (χ3n) is 3.99. The second kappa shape index (κ2) is 7.11. The van der Waals surface area contributed by atoms with Gasteiger partial charge in [0.05, 0.1) is 5.56 Å². The average molecular weight is 340 g/mol. The number of alkyl halides is 1. The Morgan fingerprint density at radius 2 is 2.05 bits per heavy atom. The number of carbonyl (C=O) groups is 1. The maximum absolute atomic E-state index is 12.7. The summed E-state index contributed by atoms with van der Waals surface area (Å²) in [5.74, 6) is 0.0410. The van der Waals surface area contributed by atoms with Gasteiger partial charge in [-0.15, -0.1) is 0 Å². The van der Waals surface area contributed by atoms with Crippen LogP contribution in [0.2, 0.25) is 0 Å². The number of hydrogen-bond donors (Lipinski definition) is 1. The molecule has 2 rings (SSSR count). The highest BCUT2D eigenvalue weighted by Gasteiger charge is 2.27. The van der Waals surface area contributed by atoms with Gasteiger partial charge in [-0.25, -0.2) is 0 Å². The molecule has 0 heterocycles. The molecule has 1 amide bonds. The maximum atomic E-state index is 12.7. The number of nitrogens with zero attached hydrogens (tertiary/aromatic N) is 1. The van der Waals surface area contributed by atoms with E-state index >= 15 is 0 Å². The van der Waals surface area contributed by atoms with E-state index in [1.807, 2.05) is 17.9 Å². The minimum absolute atomic E-state index is 0.0474. The summed E-state index contributed by atoms with van der Waals surface area (Å²) in [5.41, 5.74) is 1.38. The Morgan fingerprint density at radius 1 is 1.35 bits per heavy atom. The summed E-state index contributed by atoms with van der Waals surface area (Å²) in [4.78, 5) is 14.6. The summed E-state index contributed by atoms with van der Waals surface area (Å²) >= 11 is 3.43. The Bertz CT molecular complexity index is 470. The van der Waals surface area contributed by atoms with Crippen LogP contribution >= 0.6 is 15.9 Å². The van der Waals surface area contributed by atoms with E-state index in [0.29, 0.717) is 18.2 Å². The summed E-state index contributed by atoms with van der Waals surface area (Å²) in [6.45, 7) is 2.60. The third-order valence-corrected chi connectivity index (χ3v) is 4.34. The molecule has 0 bridgehead atoms. The molecule has 20 heavy (non-hydrogen) atoms. The highest BCUT2D eigenvalue weighted by Crippen LogP contribution is 2.27. The van der Waals surface area contributed by atoms with E-state index in [1.165, 1.54) is 19.3 Å². The Hall–Kier alpha value is -1.03. The van der Waals surface area contributed by atoms with Crippen LogP contribution in [0, 0.1) is 6.92 Å². The zero-order valence-corrected chi connectivity index (χ0v) is 13.5. The summed E-state index contributed by atoms with van der Waals surface area (Å²) in [6, 6.07) is 5.58. The van der Waals surface area contributed by atoms with Gasteiger partial charge in [0.15, 0.2) is 0 Å². The van der Waals surface area contributed by atoms with Crippen LogP contribution in [0.4, 0.5) is 0 Å². The van der Waals surface area contributed by atoms with E-state index in [9.17, 15) is 9.90 Å². The second-order valence-corrected chi connectivity index (χ2v) is 6.29. The van der Waals surface area contributed by atoms with Crippen molar-refractivity contribution in [2.24, 2.45) is 0 Å². The van der Waals surface area contributed by atoms with Gasteiger partial charge >= 0.3 is 0 Å². The quantitative estimate of drug-likeness (QED) is 0.846. The lowest BCUT2D eigenvalue weighted by Gasteiger charge is -2.34. The number of hydrogen-bond acceptors (Lipinski definition) is 2. The van der Waals surface area contributed by atoms with E-state index in [4.69, 9.17) is 0 Å². The topological polar surface area (TPSA) is 40.5 Å². The minimum Gasteiger partial charge on any atom is -0.507 e. The molecule has 1 aromatic carbocycles. The maximum Gasteiger partial charge on any atom is 0.257 e. The van der Waals surface area contributed by atoms with E-state index in [-0.39, 0.29) is 11.7 Å². The molecule has 0 radical (unpaired) electrons. The first kappa shape index (κ1) is 15.4. The SMILES string of the molecule is Cc1ccc(C(=O)N(CCBr)C2CCCCC2)c(O)c1. The van der Waals surface area contributed by atoms with Crippen molar-refractivity contribution in [1.82, 2.24) is 4.90 Å². The number of aromatic hydroxyl groups is 1. The van der Waals surface area contributed by atoms with Gasteiger partial charge in [0.2, 0.25) is 0 Å². The van der Waals surface area contributed by atoms with Crippen LogP contribution in [0.3, 0.4) is 0 Å². The first-order chi connectivity index (χ1) is 9.63. The Balaban J connectivity index is 2.21. The zero-order valence-electron chi connectivity index (χ0n) is 11.9. The molecular weight excluding hydrogens is 318 g/mol. The van der Waals surface area contributed by atoms with Crippen LogP contribution < -0.4 is 0 Å². The van der Waals surface area contributed by atoms with Gasteiger partial charge in [-0.3, -0.25) is 4.79 Å². The highest BCUT2D eigenvalue weighted by molar-refractivity contribution is 9.09. The van der Waals surface area contributed by atoms with Gasteiger partial charge in [-0.2, -0.15) is 0 Å². The number of halogens is 1. The molecule has 0 aliphatic heterocycles. The van der Waals surface area contributed by atoms with Gasteiger partial charge in [0, 0.05) is 17.9 Å². The minimum atomic E-state index is -0.0474. The largest absolute Gasteiger partial charge is 0.507 e. The number of benzene rings is 1. The fraction of sp³-hybridized carbons (Fsp3) is 0.562. The van der Waals surface area contributed by atoms with Gasteiger partial charge < -0.3 is 10.0 Å². The lowest BCUT2D eigenvalue weighted by Crippen LogP contribution is -2.42. The van der Waals surface area contributed by atoms with Crippen molar-refractivity contribution < 1.29 is 9.90 Å². The molecular formula is C16H22BrNO2. The lowest BCUT2D eigenvalue weighted by atomic mass is 9.93. The fourth-order valence-corrected chi connectivity index (χ4v) is 3.29. The number of amides is 1. The number of phenolic OH excluding ortho intramolecular Hbond substituents is 1. The second-order valence-electron chi connectivity index (χ2n) is 5.50. The Labute approximate surface area is 129 Å². The highest BCUT2D eigenvalue weighted by atomic mass is 79.9. The number of rotatable bonds is 4. The van der Waals surface area contributed by atoms with Crippen molar-refractivity contribution in [3.8, 4) is 5.75 Å². The molecule has 1 fully saturated rings. The Kier molecular flexibility index (Phi) is 5.46. The summed E-state index contributed by atoms with van der Waals surface area (Å²) in [7, 11) is 0. The van der Waals surface area contributed by atoms with Crippen LogP contribution in [0.5, 0.6) is 5.75 Å². The molecule has 1 N–H and O–H groups in total. The van der Waals surface area contributed by atoms with Gasteiger partial charge in [0.25, 0.3) is 5.91 Å². The summed E-state index contributed by atoms with van der Waals surface area (Å²) in [5, 5.41) is 10.8. The van der Waals surface area contributed by atoms with Crippen molar-refractivity contribution in [3.05, 3.63) is 29.3 Å². The lowest BCUT2D eigenvalue weighted by molar-refractivity contribution is 0.0648. The predicted molar refractivity (Wildman–Crippen MR) is 84.5 cm³/mol. The molecule has 0 aromatic heterocycles. The molecule has 1 aliphatic carbocycles. The van der Waals surface area contributed by atoms with Crippen LogP contribution in [-0.4, -0.2) is 33.8 Å². The molecule has 3 nitrogen and oxygen atoms in total. The monoisotopic (exact) mass is 339 g/mol. The first-order valence-corrected chi connectivity index (χ1v) is 8.42. The average Bonchev–Trinajstić information content (AvgIpc) is 2.45. The van der Waals surface area contributed by atoms with Gasteiger partial charge in [-0.05, 0) is 37.5 Å². The number of phenols is 1. The smallest absolute Gasteiger partial charge is 0.257 e. The predicted octanol–water partition coefficient (Wildman–Crippen LogP) is 3.87. The van der Waals surface area contributed by atoms with Crippen molar-refractivity contribution in [3.63, 3.8) is 0 Å². The van der Waals surface area contributed by atoms with Crippen molar-refractivity contribution in [2.75, 3.05) is 11.9 Å². The zero-order chi connectivity index (χ0) is 14.5. The van der Waals surface area contributed by atoms with E-state index in [1.54, 1.807) is 12.1 Å². The number of carbonyl (C=O) groups excluding carboxylic acids is 1. The first-order valence-electron chi connectivity index (χ1n) is 7.30.